The highest BCUT2D eigenvalue weighted by Gasteiger charge is 2.66. The summed E-state index contributed by atoms with van der Waals surface area (Å²) in [7, 11) is 0. The number of hydrogen-bond acceptors (Lipinski definition) is 6. The monoisotopic (exact) mass is 375 g/mol. The zero-order valence-corrected chi connectivity index (χ0v) is 11.9. The van der Waals surface area contributed by atoms with E-state index in [1.807, 2.05) is 0 Å². The van der Waals surface area contributed by atoms with E-state index in [2.05, 4.69) is 14.1 Å². The van der Waals surface area contributed by atoms with Gasteiger partial charge in [0.15, 0.2) is 0 Å². The molecular weight excluding hydrogens is 365 g/mol. The first-order valence-corrected chi connectivity index (χ1v) is 6.83. The summed E-state index contributed by atoms with van der Waals surface area (Å²) < 4.78 is 96.2. The Kier molecular flexibility index (Phi) is 6.52. The third kappa shape index (κ3) is 5.09. The lowest BCUT2D eigenvalue weighted by atomic mass is 9.87. The Hall–Kier alpha value is -0.790. The van der Waals surface area contributed by atoms with Crippen molar-refractivity contribution in [2.75, 3.05) is 0 Å². The first-order valence-electron chi connectivity index (χ1n) is 6.09. The van der Waals surface area contributed by atoms with E-state index >= 15 is 0 Å². The van der Waals surface area contributed by atoms with Gasteiger partial charge in [-0.3, -0.25) is 5.04 Å². The van der Waals surface area contributed by atoms with E-state index in [1.165, 1.54) is 0 Å². The summed E-state index contributed by atoms with van der Waals surface area (Å²) in [5, 5.41) is 7.34. The van der Waals surface area contributed by atoms with E-state index in [-0.39, 0.29) is 12.8 Å². The molecule has 0 aromatic rings. The van der Waals surface area contributed by atoms with Crippen LogP contribution in [0.15, 0.2) is 0 Å². The Balaban J connectivity index is 2.67. The second-order valence-electron chi connectivity index (χ2n) is 4.73. The fourth-order valence-corrected chi connectivity index (χ4v) is 2.33. The largest absolute Gasteiger partial charge is 0.691 e. The number of carbonyl (C=O) groups is 1. The molecule has 0 radical (unpaired) electrons. The van der Waals surface area contributed by atoms with Gasteiger partial charge in [0.05, 0.1) is 18.0 Å². The maximum atomic E-state index is 13.7. The van der Waals surface area contributed by atoms with Crippen LogP contribution in [0.25, 0.3) is 0 Å². The van der Waals surface area contributed by atoms with Crippen molar-refractivity contribution < 1.29 is 54.9 Å². The molecule has 136 valence electrons. The molecule has 0 aromatic carbocycles. The highest BCUT2D eigenvalue weighted by Crippen LogP contribution is 2.45. The standard InChI is InChI=1S/C10H11F7O5S/c11-8(10(15,16)17,23-22-21-19)7(18)20-6-3-1-5(2-4-6)9(12,13)14/h5-6,19H,1-4H2/p-1. The molecule has 13 heteroatoms. The van der Waals surface area contributed by atoms with E-state index in [4.69, 9.17) is 0 Å². The Labute approximate surface area is 129 Å². The van der Waals surface area contributed by atoms with Gasteiger partial charge in [-0.1, -0.05) is 0 Å². The van der Waals surface area contributed by atoms with E-state index in [0.29, 0.717) is 0 Å². The quantitative estimate of drug-likeness (QED) is 0.242. The first kappa shape index (κ1) is 20.3. The Morgan fingerprint density at radius 3 is 1.91 bits per heavy atom. The van der Waals surface area contributed by atoms with E-state index < -0.39 is 60.2 Å². The summed E-state index contributed by atoms with van der Waals surface area (Å²) in [6.07, 6.45) is -13.2. The molecule has 0 amide bonds. The van der Waals surface area contributed by atoms with Gasteiger partial charge < -0.3 is 9.99 Å². The van der Waals surface area contributed by atoms with Gasteiger partial charge in [0.1, 0.15) is 6.10 Å². The summed E-state index contributed by atoms with van der Waals surface area (Å²) in [6, 6.07) is 0. The third-order valence-electron chi connectivity index (χ3n) is 3.21. The van der Waals surface area contributed by atoms with Crippen molar-refractivity contribution in [3.8, 4) is 0 Å². The predicted molar refractivity (Wildman–Crippen MR) is 57.5 cm³/mol. The zero-order chi connectivity index (χ0) is 17.9. The minimum absolute atomic E-state index is 0.368. The number of alkyl halides is 7. The van der Waals surface area contributed by atoms with Crippen molar-refractivity contribution in [3.63, 3.8) is 0 Å². The molecule has 0 saturated heterocycles. The van der Waals surface area contributed by atoms with Crippen LogP contribution in [-0.4, -0.2) is 29.4 Å². The molecule has 0 aromatic heterocycles. The maximum absolute atomic E-state index is 13.7. The summed E-state index contributed by atoms with van der Waals surface area (Å²) in [5.41, 5.74) is 0. The van der Waals surface area contributed by atoms with Gasteiger partial charge in [0.25, 0.3) is 0 Å². The molecule has 1 saturated carbocycles. The molecule has 1 atom stereocenters. The SMILES string of the molecule is O=C(OC1CCC(C(F)(F)F)CC1)C(F)(SOO[O-])C(F)(F)F. The Morgan fingerprint density at radius 1 is 1.00 bits per heavy atom. The number of rotatable bonds is 5. The van der Waals surface area contributed by atoms with Crippen LogP contribution < -0.4 is 5.26 Å². The van der Waals surface area contributed by atoms with Crippen molar-refractivity contribution in [1.82, 2.24) is 0 Å². The predicted octanol–water partition coefficient (Wildman–Crippen LogP) is 2.75. The van der Waals surface area contributed by atoms with Gasteiger partial charge in [-0.05, 0) is 25.7 Å². The minimum Gasteiger partial charge on any atom is -0.691 e. The Bertz CT molecular complexity index is 407. The third-order valence-corrected chi connectivity index (χ3v) is 3.97. The van der Waals surface area contributed by atoms with Crippen molar-refractivity contribution in [2.45, 2.75) is 49.1 Å². The van der Waals surface area contributed by atoms with Gasteiger partial charge in [0.2, 0.25) is 0 Å². The molecule has 23 heavy (non-hydrogen) atoms. The Morgan fingerprint density at radius 2 is 1.52 bits per heavy atom. The lowest BCUT2D eigenvalue weighted by molar-refractivity contribution is -0.777. The lowest BCUT2D eigenvalue weighted by Gasteiger charge is -2.31. The van der Waals surface area contributed by atoms with Gasteiger partial charge >= 0.3 is 23.3 Å². The molecule has 0 bridgehead atoms. The zero-order valence-electron chi connectivity index (χ0n) is 11.1. The van der Waals surface area contributed by atoms with Crippen LogP contribution in [0, 0.1) is 5.92 Å². The topological polar surface area (TPSA) is 67.8 Å². The molecule has 1 rings (SSSR count). The molecule has 0 spiro atoms. The van der Waals surface area contributed by atoms with E-state index in [0.717, 1.165) is 0 Å². The smallest absolute Gasteiger partial charge is 0.446 e. The number of esters is 1. The van der Waals surface area contributed by atoms with Gasteiger partial charge in [-0.2, -0.15) is 30.7 Å². The van der Waals surface area contributed by atoms with Crippen LogP contribution in [0.2, 0.25) is 0 Å². The summed E-state index contributed by atoms with van der Waals surface area (Å²) in [4.78, 5) is 11.4. The molecule has 1 fully saturated rings. The van der Waals surface area contributed by atoms with Crippen LogP contribution in [0.5, 0.6) is 0 Å². The second-order valence-corrected chi connectivity index (χ2v) is 5.60. The molecule has 1 unspecified atom stereocenters. The summed E-state index contributed by atoms with van der Waals surface area (Å²) >= 11 is -1.25. The highest BCUT2D eigenvalue weighted by atomic mass is 32.2. The van der Waals surface area contributed by atoms with Crippen LogP contribution in [0.3, 0.4) is 0 Å². The maximum Gasteiger partial charge on any atom is 0.446 e. The van der Waals surface area contributed by atoms with Crippen molar-refractivity contribution in [2.24, 2.45) is 5.92 Å². The molecule has 1 aliphatic rings. The normalized spacial score (nSPS) is 25.7. The van der Waals surface area contributed by atoms with Crippen molar-refractivity contribution >= 4 is 18.0 Å². The van der Waals surface area contributed by atoms with Crippen molar-refractivity contribution in [3.05, 3.63) is 0 Å². The molecular formula is C10H10F7O5S-. The van der Waals surface area contributed by atoms with Gasteiger partial charge in [-0.25, -0.2) is 9.18 Å². The van der Waals surface area contributed by atoms with Gasteiger partial charge in [-0.15, -0.1) is 0 Å². The fraction of sp³-hybridized carbons (Fsp3) is 0.900. The average Bonchev–Trinajstić information content (AvgIpc) is 2.43. The summed E-state index contributed by atoms with van der Waals surface area (Å²) in [6.45, 7) is 0. The first-order chi connectivity index (χ1) is 10.4. The lowest BCUT2D eigenvalue weighted by Crippen LogP contribution is -2.48. The molecule has 5 nitrogen and oxygen atoms in total. The summed E-state index contributed by atoms with van der Waals surface area (Å²) in [5.74, 6) is -4.08. The van der Waals surface area contributed by atoms with Crippen molar-refractivity contribution in [1.29, 1.82) is 0 Å². The molecule has 0 aliphatic heterocycles. The molecule has 0 heterocycles. The van der Waals surface area contributed by atoms with Crippen LogP contribution >= 0.6 is 12.0 Å². The van der Waals surface area contributed by atoms with Gasteiger partial charge in [0, 0.05) is 0 Å². The van der Waals surface area contributed by atoms with Crippen LogP contribution in [-0.2, 0) is 18.9 Å². The fourth-order valence-electron chi connectivity index (χ4n) is 1.99. The highest BCUT2D eigenvalue weighted by molar-refractivity contribution is 7.96. The number of halogens is 7. The van der Waals surface area contributed by atoms with Crippen LogP contribution in [0.4, 0.5) is 30.7 Å². The molecule has 0 N–H and O–H groups in total. The minimum atomic E-state index is -5.80. The second kappa shape index (κ2) is 7.40. The number of hydrogen-bond donors (Lipinski definition) is 0. The molecule has 1 aliphatic carbocycles. The average molecular weight is 375 g/mol. The van der Waals surface area contributed by atoms with Crippen LogP contribution in [0.1, 0.15) is 25.7 Å². The van der Waals surface area contributed by atoms with E-state index in [1.54, 1.807) is 0 Å². The van der Waals surface area contributed by atoms with E-state index in [9.17, 15) is 40.8 Å². The number of carbonyl (C=O) groups excluding carboxylic acids is 1. The number of ether oxygens (including phenoxy) is 1.